The Morgan fingerprint density at radius 2 is 2.18 bits per heavy atom. The number of fused-ring (bicyclic) bond motifs is 1. The second-order valence-electron chi connectivity index (χ2n) is 4.19. The highest BCUT2D eigenvalue weighted by atomic mass is 16.5. The van der Waals surface area contributed by atoms with Crippen molar-refractivity contribution < 1.29 is 9.47 Å². The van der Waals surface area contributed by atoms with Crippen molar-refractivity contribution >= 4 is 5.65 Å². The maximum atomic E-state index is 5.35. The van der Waals surface area contributed by atoms with Crippen LogP contribution in [0, 0.1) is 0 Å². The van der Waals surface area contributed by atoms with E-state index in [1.807, 2.05) is 18.2 Å². The highest BCUT2D eigenvalue weighted by Gasteiger charge is 2.20. The van der Waals surface area contributed by atoms with E-state index in [-0.39, 0.29) is 0 Å². The van der Waals surface area contributed by atoms with Gasteiger partial charge in [0.2, 0.25) is 5.88 Å². The highest BCUT2D eigenvalue weighted by Crippen LogP contribution is 2.25. The van der Waals surface area contributed by atoms with Crippen LogP contribution in [0.3, 0.4) is 0 Å². The van der Waals surface area contributed by atoms with Gasteiger partial charge in [-0.3, -0.25) is 0 Å². The summed E-state index contributed by atoms with van der Waals surface area (Å²) < 4.78 is 12.4. The Balaban J connectivity index is 2.00. The first kappa shape index (κ1) is 10.5. The molecular formula is C12H15N3O2. The van der Waals surface area contributed by atoms with Crippen LogP contribution in [0.1, 0.15) is 24.6 Å². The van der Waals surface area contributed by atoms with E-state index in [9.17, 15) is 0 Å². The van der Waals surface area contributed by atoms with Gasteiger partial charge in [0.05, 0.1) is 7.11 Å². The van der Waals surface area contributed by atoms with Gasteiger partial charge in [0.15, 0.2) is 11.5 Å². The van der Waals surface area contributed by atoms with Crippen molar-refractivity contribution in [2.75, 3.05) is 20.3 Å². The molecule has 1 saturated heterocycles. The lowest BCUT2D eigenvalue weighted by molar-refractivity contribution is 0.0836. The van der Waals surface area contributed by atoms with E-state index in [1.54, 1.807) is 11.6 Å². The molecule has 0 spiro atoms. The van der Waals surface area contributed by atoms with Crippen LogP contribution >= 0.6 is 0 Å². The molecule has 1 aliphatic rings. The normalized spacial score (nSPS) is 17.5. The Bertz CT molecular complexity index is 517. The van der Waals surface area contributed by atoms with Crippen molar-refractivity contribution in [3.63, 3.8) is 0 Å². The molecule has 2 aromatic heterocycles. The number of hydrogen-bond donors (Lipinski definition) is 0. The predicted octanol–water partition coefficient (Wildman–Crippen LogP) is 1.63. The Morgan fingerprint density at radius 3 is 2.94 bits per heavy atom. The zero-order chi connectivity index (χ0) is 11.7. The van der Waals surface area contributed by atoms with E-state index >= 15 is 0 Å². The summed E-state index contributed by atoms with van der Waals surface area (Å²) in [5.74, 6) is 2.03. The molecule has 1 aliphatic heterocycles. The van der Waals surface area contributed by atoms with Crippen LogP contribution in [0.25, 0.3) is 5.65 Å². The number of pyridine rings is 1. The lowest BCUT2D eigenvalue weighted by Gasteiger charge is -2.18. The highest BCUT2D eigenvalue weighted by molar-refractivity contribution is 5.41. The van der Waals surface area contributed by atoms with Crippen molar-refractivity contribution in [2.24, 2.45) is 0 Å². The smallest absolute Gasteiger partial charge is 0.216 e. The van der Waals surface area contributed by atoms with Gasteiger partial charge in [-0.25, -0.2) is 4.98 Å². The third kappa shape index (κ3) is 1.86. The molecule has 0 atom stereocenters. The first-order chi connectivity index (χ1) is 8.38. The van der Waals surface area contributed by atoms with Gasteiger partial charge in [0, 0.05) is 25.2 Å². The first-order valence-electron chi connectivity index (χ1n) is 5.86. The van der Waals surface area contributed by atoms with Gasteiger partial charge < -0.3 is 9.47 Å². The van der Waals surface area contributed by atoms with Crippen LogP contribution < -0.4 is 4.74 Å². The van der Waals surface area contributed by atoms with Crippen LogP contribution in [-0.4, -0.2) is 34.9 Å². The molecule has 90 valence electrons. The van der Waals surface area contributed by atoms with Crippen LogP contribution in [0.15, 0.2) is 18.2 Å². The number of ether oxygens (including phenoxy) is 2. The molecule has 5 nitrogen and oxygen atoms in total. The molecule has 3 rings (SSSR count). The summed E-state index contributed by atoms with van der Waals surface area (Å²) in [7, 11) is 1.64. The van der Waals surface area contributed by atoms with Crippen LogP contribution in [0.2, 0.25) is 0 Å². The molecule has 5 heteroatoms. The van der Waals surface area contributed by atoms with Gasteiger partial charge in [-0.2, -0.15) is 4.52 Å². The largest absolute Gasteiger partial charge is 0.481 e. The fourth-order valence-electron chi connectivity index (χ4n) is 2.18. The summed E-state index contributed by atoms with van der Waals surface area (Å²) in [5, 5.41) is 4.53. The summed E-state index contributed by atoms with van der Waals surface area (Å²) in [5.41, 5.74) is 0.839. The van der Waals surface area contributed by atoms with Crippen molar-refractivity contribution in [1.29, 1.82) is 0 Å². The summed E-state index contributed by atoms with van der Waals surface area (Å²) in [6.45, 7) is 1.61. The van der Waals surface area contributed by atoms with Gasteiger partial charge >= 0.3 is 0 Å². The second-order valence-corrected chi connectivity index (χ2v) is 4.19. The third-order valence-electron chi connectivity index (χ3n) is 3.14. The number of hydrogen-bond acceptors (Lipinski definition) is 4. The molecule has 0 bridgehead atoms. The van der Waals surface area contributed by atoms with Crippen LogP contribution in [0.4, 0.5) is 0 Å². The zero-order valence-corrected chi connectivity index (χ0v) is 9.80. The van der Waals surface area contributed by atoms with E-state index in [1.165, 1.54) is 0 Å². The third-order valence-corrected chi connectivity index (χ3v) is 3.14. The fraction of sp³-hybridized carbons (Fsp3) is 0.500. The van der Waals surface area contributed by atoms with E-state index in [0.29, 0.717) is 11.8 Å². The fourth-order valence-corrected chi connectivity index (χ4v) is 2.18. The quantitative estimate of drug-likeness (QED) is 0.791. The molecule has 17 heavy (non-hydrogen) atoms. The summed E-state index contributed by atoms with van der Waals surface area (Å²) in [6, 6.07) is 5.75. The van der Waals surface area contributed by atoms with Gasteiger partial charge in [0.1, 0.15) is 0 Å². The Labute approximate surface area is 99.4 Å². The average Bonchev–Trinajstić information content (AvgIpc) is 2.83. The van der Waals surface area contributed by atoms with Crippen molar-refractivity contribution in [3.8, 4) is 5.88 Å². The maximum absolute atomic E-state index is 5.35. The number of nitrogens with zero attached hydrogens (tertiary/aromatic N) is 3. The lowest BCUT2D eigenvalue weighted by Crippen LogP contribution is -2.15. The molecule has 0 unspecified atom stereocenters. The standard InChI is InChI=1S/C12H15N3O2/c1-16-11-4-2-3-10-13-12(14-15(10)11)9-5-7-17-8-6-9/h2-4,9H,5-8H2,1H3. The van der Waals surface area contributed by atoms with Crippen molar-refractivity contribution in [3.05, 3.63) is 24.0 Å². The minimum atomic E-state index is 0.411. The molecular weight excluding hydrogens is 218 g/mol. The SMILES string of the molecule is COc1cccc2nc(C3CCOCC3)nn12. The Kier molecular flexibility index (Phi) is 2.68. The second kappa shape index (κ2) is 4.33. The van der Waals surface area contributed by atoms with Gasteiger partial charge in [-0.1, -0.05) is 6.07 Å². The minimum absolute atomic E-state index is 0.411. The maximum Gasteiger partial charge on any atom is 0.216 e. The number of aromatic nitrogens is 3. The van der Waals surface area contributed by atoms with E-state index < -0.39 is 0 Å². The zero-order valence-electron chi connectivity index (χ0n) is 9.80. The van der Waals surface area contributed by atoms with E-state index in [2.05, 4.69) is 10.1 Å². The lowest BCUT2D eigenvalue weighted by atomic mass is 10.00. The molecule has 0 aliphatic carbocycles. The predicted molar refractivity (Wildman–Crippen MR) is 62.3 cm³/mol. The van der Waals surface area contributed by atoms with E-state index in [4.69, 9.17) is 9.47 Å². The Hall–Kier alpha value is -1.62. The molecule has 0 amide bonds. The summed E-state index contributed by atoms with van der Waals surface area (Å²) >= 11 is 0. The van der Waals surface area contributed by atoms with Crippen LogP contribution in [-0.2, 0) is 4.74 Å². The molecule has 0 aromatic carbocycles. The molecule has 1 fully saturated rings. The average molecular weight is 233 g/mol. The minimum Gasteiger partial charge on any atom is -0.481 e. The number of rotatable bonds is 2. The Morgan fingerprint density at radius 1 is 1.35 bits per heavy atom. The van der Waals surface area contributed by atoms with Gasteiger partial charge in [-0.05, 0) is 18.9 Å². The van der Waals surface area contributed by atoms with Crippen molar-refractivity contribution in [2.45, 2.75) is 18.8 Å². The summed E-state index contributed by atoms with van der Waals surface area (Å²) in [6.07, 6.45) is 2.00. The molecule has 0 N–H and O–H groups in total. The summed E-state index contributed by atoms with van der Waals surface area (Å²) in [4.78, 5) is 4.56. The molecule has 2 aromatic rings. The van der Waals surface area contributed by atoms with E-state index in [0.717, 1.165) is 37.5 Å². The topological polar surface area (TPSA) is 48.7 Å². The monoisotopic (exact) mass is 233 g/mol. The van der Waals surface area contributed by atoms with Gasteiger partial charge in [0.25, 0.3) is 0 Å². The molecule has 0 saturated carbocycles. The van der Waals surface area contributed by atoms with Gasteiger partial charge in [-0.15, -0.1) is 5.10 Å². The number of methoxy groups -OCH3 is 1. The van der Waals surface area contributed by atoms with Crippen molar-refractivity contribution in [1.82, 2.24) is 14.6 Å². The molecule has 3 heterocycles. The molecule has 0 radical (unpaired) electrons. The first-order valence-corrected chi connectivity index (χ1v) is 5.86. The van der Waals surface area contributed by atoms with Crippen LogP contribution in [0.5, 0.6) is 5.88 Å².